The van der Waals surface area contributed by atoms with Gasteiger partial charge >= 0.3 is 11.9 Å². The molecule has 0 saturated carbocycles. The number of aryl methyl sites for hydroxylation is 2. The molecule has 1 aromatic carbocycles. The Morgan fingerprint density at radius 3 is 2.65 bits per heavy atom. The molecule has 176 valence electrons. The standard InChI is InChI=1S/C27H28N2O5/c1-6-16-17-10-15(5)8-9-21(17)28-23-18(16)12-29-22(23)11-20-19(24(29)30)13-33-26(32)27(20,7-2)34-25(31)14(3)4/h8-11,14H,6-7,12-13H2,1-5H3/t27-/m0/s1. The van der Waals surface area contributed by atoms with E-state index in [4.69, 9.17) is 14.5 Å². The first-order valence-corrected chi connectivity index (χ1v) is 11.8. The molecule has 2 aliphatic heterocycles. The Hall–Kier alpha value is -3.48. The smallest absolute Gasteiger partial charge is 0.355 e. The highest BCUT2D eigenvalue weighted by Crippen LogP contribution is 2.42. The number of hydrogen-bond donors (Lipinski definition) is 0. The van der Waals surface area contributed by atoms with Gasteiger partial charge in [0, 0.05) is 16.5 Å². The van der Waals surface area contributed by atoms with Gasteiger partial charge in [0.25, 0.3) is 5.56 Å². The second kappa shape index (κ2) is 7.79. The van der Waals surface area contributed by atoms with E-state index in [1.165, 1.54) is 5.56 Å². The Morgan fingerprint density at radius 1 is 1.21 bits per heavy atom. The van der Waals surface area contributed by atoms with Crippen molar-refractivity contribution in [3.8, 4) is 11.4 Å². The Morgan fingerprint density at radius 2 is 1.97 bits per heavy atom. The summed E-state index contributed by atoms with van der Waals surface area (Å²) in [6.07, 6.45) is 0.970. The maximum atomic E-state index is 13.7. The van der Waals surface area contributed by atoms with Crippen LogP contribution in [-0.2, 0) is 44.2 Å². The van der Waals surface area contributed by atoms with Crippen LogP contribution in [0.5, 0.6) is 0 Å². The van der Waals surface area contributed by atoms with E-state index in [1.54, 1.807) is 25.3 Å². The molecule has 4 heterocycles. The summed E-state index contributed by atoms with van der Waals surface area (Å²) in [5, 5.41) is 1.10. The molecule has 34 heavy (non-hydrogen) atoms. The number of aromatic nitrogens is 2. The minimum absolute atomic E-state index is 0.139. The third-order valence-electron chi connectivity index (χ3n) is 7.03. The Balaban J connectivity index is 1.78. The van der Waals surface area contributed by atoms with Crippen LogP contribution < -0.4 is 5.56 Å². The van der Waals surface area contributed by atoms with Crippen LogP contribution in [0.1, 0.15) is 61.9 Å². The van der Waals surface area contributed by atoms with E-state index in [-0.39, 0.29) is 18.6 Å². The molecule has 0 unspecified atom stereocenters. The van der Waals surface area contributed by atoms with Gasteiger partial charge in [0.05, 0.1) is 34.9 Å². The van der Waals surface area contributed by atoms with Gasteiger partial charge in [0.15, 0.2) is 0 Å². The molecule has 0 bridgehead atoms. The maximum Gasteiger partial charge on any atom is 0.355 e. The Bertz CT molecular complexity index is 1440. The number of esters is 2. The maximum absolute atomic E-state index is 13.7. The van der Waals surface area contributed by atoms with Gasteiger partial charge < -0.3 is 14.0 Å². The van der Waals surface area contributed by atoms with E-state index in [9.17, 15) is 14.4 Å². The summed E-state index contributed by atoms with van der Waals surface area (Å²) in [6.45, 7) is 9.60. The lowest BCUT2D eigenvalue weighted by Crippen LogP contribution is -2.48. The van der Waals surface area contributed by atoms with Crippen LogP contribution in [0.3, 0.4) is 0 Å². The first-order chi connectivity index (χ1) is 16.2. The highest BCUT2D eigenvalue weighted by molar-refractivity contribution is 5.90. The number of fused-ring (bicyclic) bond motifs is 5. The Labute approximate surface area is 197 Å². The lowest BCUT2D eigenvalue weighted by molar-refractivity contribution is -0.191. The molecule has 3 aromatic rings. The molecule has 0 aliphatic carbocycles. The fraction of sp³-hybridized carbons (Fsp3) is 0.407. The average Bonchev–Trinajstić information content (AvgIpc) is 3.18. The van der Waals surface area contributed by atoms with Crippen molar-refractivity contribution in [2.24, 2.45) is 5.92 Å². The summed E-state index contributed by atoms with van der Waals surface area (Å²) in [5.41, 5.74) is 4.48. The summed E-state index contributed by atoms with van der Waals surface area (Å²) in [4.78, 5) is 44.2. The number of benzene rings is 1. The second-order valence-corrected chi connectivity index (χ2v) is 9.44. The van der Waals surface area contributed by atoms with Crippen LogP contribution in [0.4, 0.5) is 0 Å². The van der Waals surface area contributed by atoms with E-state index < -0.39 is 23.5 Å². The van der Waals surface area contributed by atoms with Crippen LogP contribution in [-0.4, -0.2) is 21.5 Å². The number of rotatable bonds is 4. The van der Waals surface area contributed by atoms with Crippen LogP contribution in [0.2, 0.25) is 0 Å². The van der Waals surface area contributed by atoms with Crippen molar-refractivity contribution in [1.82, 2.24) is 9.55 Å². The molecule has 0 fully saturated rings. The summed E-state index contributed by atoms with van der Waals surface area (Å²) in [7, 11) is 0. The van der Waals surface area contributed by atoms with E-state index in [2.05, 4.69) is 19.9 Å². The molecule has 0 saturated heterocycles. The van der Waals surface area contributed by atoms with E-state index in [0.717, 1.165) is 34.1 Å². The number of cyclic esters (lactones) is 1. The molecule has 2 aliphatic rings. The van der Waals surface area contributed by atoms with Crippen molar-refractivity contribution in [2.45, 2.75) is 66.2 Å². The van der Waals surface area contributed by atoms with Gasteiger partial charge in [-0.05, 0) is 43.5 Å². The van der Waals surface area contributed by atoms with Crippen molar-refractivity contribution in [3.63, 3.8) is 0 Å². The number of carbonyl (C=O) groups is 2. The molecule has 7 nitrogen and oxygen atoms in total. The molecule has 1 atom stereocenters. The highest BCUT2D eigenvalue weighted by Gasteiger charge is 2.50. The third kappa shape index (κ3) is 3.02. The monoisotopic (exact) mass is 460 g/mol. The number of pyridine rings is 2. The van der Waals surface area contributed by atoms with Crippen molar-refractivity contribution in [1.29, 1.82) is 0 Å². The lowest BCUT2D eigenvalue weighted by atomic mass is 9.85. The number of nitrogens with zero attached hydrogens (tertiary/aromatic N) is 2. The molecule has 0 radical (unpaired) electrons. The minimum Gasteiger partial charge on any atom is -0.457 e. The molecule has 0 N–H and O–H groups in total. The SMILES string of the molecule is CCc1c2c(nc3ccc(C)cc13)-c1cc3c(c(=O)n1C2)COC(=O)[C@@]3(CC)OC(=O)C(C)C. The van der Waals surface area contributed by atoms with Crippen molar-refractivity contribution in [2.75, 3.05) is 0 Å². The summed E-state index contributed by atoms with van der Waals surface area (Å²) < 4.78 is 12.9. The van der Waals surface area contributed by atoms with Crippen LogP contribution >= 0.6 is 0 Å². The molecule has 0 amide bonds. The summed E-state index contributed by atoms with van der Waals surface area (Å²) in [5.74, 6) is -1.59. The van der Waals surface area contributed by atoms with Crippen molar-refractivity contribution in [3.05, 3.63) is 62.4 Å². The largest absolute Gasteiger partial charge is 0.457 e. The van der Waals surface area contributed by atoms with Gasteiger partial charge in [-0.1, -0.05) is 39.3 Å². The molecular weight excluding hydrogens is 432 g/mol. The van der Waals surface area contributed by atoms with Crippen LogP contribution in [0.25, 0.3) is 22.3 Å². The number of ether oxygens (including phenoxy) is 2. The summed E-state index contributed by atoms with van der Waals surface area (Å²) in [6, 6.07) is 7.98. The normalized spacial score (nSPS) is 18.5. The Kier molecular flexibility index (Phi) is 5.11. The zero-order valence-electron chi connectivity index (χ0n) is 20.2. The van der Waals surface area contributed by atoms with Gasteiger partial charge in [0.2, 0.25) is 5.60 Å². The van der Waals surface area contributed by atoms with Gasteiger partial charge in [-0.2, -0.15) is 0 Å². The van der Waals surface area contributed by atoms with Gasteiger partial charge in [-0.25, -0.2) is 9.78 Å². The number of carbonyl (C=O) groups excluding carboxylic acids is 2. The van der Waals surface area contributed by atoms with Crippen molar-refractivity contribution >= 4 is 22.8 Å². The summed E-state index contributed by atoms with van der Waals surface area (Å²) >= 11 is 0. The third-order valence-corrected chi connectivity index (χ3v) is 7.03. The molecule has 7 heteroatoms. The van der Waals surface area contributed by atoms with Gasteiger partial charge in [0.1, 0.15) is 6.61 Å². The predicted molar refractivity (Wildman–Crippen MR) is 127 cm³/mol. The van der Waals surface area contributed by atoms with Crippen LogP contribution in [0.15, 0.2) is 29.1 Å². The van der Waals surface area contributed by atoms with E-state index in [0.29, 0.717) is 23.4 Å². The second-order valence-electron chi connectivity index (χ2n) is 9.44. The van der Waals surface area contributed by atoms with Crippen molar-refractivity contribution < 1.29 is 19.1 Å². The molecule has 0 spiro atoms. The zero-order valence-corrected chi connectivity index (χ0v) is 20.2. The fourth-order valence-electron chi connectivity index (χ4n) is 5.13. The highest BCUT2D eigenvalue weighted by atomic mass is 16.6. The average molecular weight is 461 g/mol. The van der Waals surface area contributed by atoms with E-state index in [1.807, 2.05) is 18.2 Å². The fourth-order valence-corrected chi connectivity index (χ4v) is 5.13. The van der Waals surface area contributed by atoms with E-state index >= 15 is 0 Å². The predicted octanol–water partition coefficient (Wildman–Crippen LogP) is 4.16. The first kappa shape index (κ1) is 22.3. The van der Waals surface area contributed by atoms with Gasteiger partial charge in [-0.15, -0.1) is 0 Å². The molecule has 5 rings (SSSR count). The minimum atomic E-state index is -1.64. The lowest BCUT2D eigenvalue weighted by Gasteiger charge is -2.36. The number of hydrogen-bond acceptors (Lipinski definition) is 6. The zero-order chi connectivity index (χ0) is 24.4. The molecular formula is C27H28N2O5. The molecule has 2 aromatic heterocycles. The topological polar surface area (TPSA) is 87.5 Å². The quantitative estimate of drug-likeness (QED) is 0.425. The van der Waals surface area contributed by atoms with Gasteiger partial charge in [-0.3, -0.25) is 9.59 Å². The first-order valence-electron chi connectivity index (χ1n) is 11.8. The van der Waals surface area contributed by atoms with Crippen LogP contribution in [0, 0.1) is 12.8 Å².